The van der Waals surface area contributed by atoms with Gasteiger partial charge < -0.3 is 9.32 Å². The highest BCUT2D eigenvalue weighted by Crippen LogP contribution is 2.35. The van der Waals surface area contributed by atoms with Crippen LogP contribution in [-0.4, -0.2) is 22.3 Å². The lowest BCUT2D eigenvalue weighted by atomic mass is 10.1. The summed E-state index contributed by atoms with van der Waals surface area (Å²) in [5.74, 6) is 0.249. The first kappa shape index (κ1) is 19.0. The second-order valence-electron chi connectivity index (χ2n) is 7.41. The monoisotopic (exact) mass is 464 g/mol. The minimum atomic E-state index is -0.276. The van der Waals surface area contributed by atoms with Crippen LogP contribution in [0.3, 0.4) is 0 Å². The van der Waals surface area contributed by atoms with Crippen LogP contribution in [-0.2, 0) is 0 Å². The van der Waals surface area contributed by atoms with Crippen LogP contribution in [0.2, 0.25) is 0 Å². The van der Waals surface area contributed by atoms with E-state index in [1.807, 2.05) is 53.4 Å². The van der Waals surface area contributed by atoms with E-state index in [2.05, 4.69) is 20.9 Å². The molecule has 0 N–H and O–H groups in total. The first-order chi connectivity index (χ1) is 14.6. The molecule has 6 heteroatoms. The van der Waals surface area contributed by atoms with E-state index in [0.717, 1.165) is 28.4 Å². The molecule has 1 unspecified atom stereocenters. The van der Waals surface area contributed by atoms with Crippen LogP contribution in [0, 0.1) is 5.82 Å². The van der Waals surface area contributed by atoms with Crippen molar-refractivity contribution in [3.05, 3.63) is 88.5 Å². The van der Waals surface area contributed by atoms with Crippen LogP contribution in [0.25, 0.3) is 22.2 Å². The van der Waals surface area contributed by atoms with Crippen LogP contribution >= 0.6 is 15.9 Å². The third kappa shape index (κ3) is 3.52. The zero-order valence-electron chi connectivity index (χ0n) is 16.0. The Kier molecular flexibility index (Phi) is 4.87. The Labute approximate surface area is 181 Å². The van der Waals surface area contributed by atoms with Gasteiger partial charge in [-0.2, -0.15) is 0 Å². The number of likely N-dealkylation sites (tertiary alicyclic amines) is 1. The van der Waals surface area contributed by atoms with Crippen molar-refractivity contribution in [2.75, 3.05) is 6.54 Å². The number of carbonyl (C=O) groups is 1. The number of hydrogen-bond donors (Lipinski definition) is 0. The van der Waals surface area contributed by atoms with Crippen molar-refractivity contribution in [1.29, 1.82) is 0 Å². The summed E-state index contributed by atoms with van der Waals surface area (Å²) in [6, 6.07) is 19.3. The SMILES string of the molecule is O=C(c1ccc(Br)cc1)N1CCCC1c1nc2cc(-c3cccc(F)c3)ccc2o1. The lowest BCUT2D eigenvalue weighted by Crippen LogP contribution is -2.30. The fourth-order valence-electron chi connectivity index (χ4n) is 3.96. The van der Waals surface area contributed by atoms with Crippen LogP contribution in [0.5, 0.6) is 0 Å². The van der Waals surface area contributed by atoms with E-state index in [1.54, 1.807) is 6.07 Å². The summed E-state index contributed by atoms with van der Waals surface area (Å²) in [5, 5.41) is 0. The van der Waals surface area contributed by atoms with Gasteiger partial charge in [-0.05, 0) is 72.5 Å². The minimum absolute atomic E-state index is 0.0206. The summed E-state index contributed by atoms with van der Waals surface area (Å²) in [7, 11) is 0. The summed E-state index contributed by atoms with van der Waals surface area (Å²) >= 11 is 3.40. The predicted molar refractivity (Wildman–Crippen MR) is 117 cm³/mol. The molecule has 0 saturated carbocycles. The maximum Gasteiger partial charge on any atom is 0.254 e. The molecule has 1 aliphatic heterocycles. The number of aromatic nitrogens is 1. The number of benzene rings is 3. The molecule has 0 aliphatic carbocycles. The van der Waals surface area contributed by atoms with Crippen LogP contribution < -0.4 is 0 Å². The average Bonchev–Trinajstić information content (AvgIpc) is 3.40. The summed E-state index contributed by atoms with van der Waals surface area (Å²) < 4.78 is 20.5. The van der Waals surface area contributed by atoms with Gasteiger partial charge in [-0.1, -0.05) is 34.1 Å². The molecule has 0 bridgehead atoms. The molecule has 1 atom stereocenters. The van der Waals surface area contributed by atoms with Gasteiger partial charge in [-0.25, -0.2) is 9.37 Å². The molecule has 1 amide bonds. The quantitative estimate of drug-likeness (QED) is 0.353. The molecule has 0 spiro atoms. The Balaban J connectivity index is 1.46. The van der Waals surface area contributed by atoms with Crippen molar-refractivity contribution in [1.82, 2.24) is 9.88 Å². The molecule has 5 rings (SSSR count). The number of rotatable bonds is 3. The lowest BCUT2D eigenvalue weighted by molar-refractivity contribution is 0.0717. The highest BCUT2D eigenvalue weighted by Gasteiger charge is 2.34. The second-order valence-corrected chi connectivity index (χ2v) is 8.32. The Bertz CT molecular complexity index is 1240. The fourth-order valence-corrected chi connectivity index (χ4v) is 4.22. The first-order valence-corrected chi connectivity index (χ1v) is 10.6. The van der Waals surface area contributed by atoms with Crippen LogP contribution in [0.15, 0.2) is 75.6 Å². The first-order valence-electron chi connectivity index (χ1n) is 9.81. The number of fused-ring (bicyclic) bond motifs is 1. The second kappa shape index (κ2) is 7.69. The number of oxazole rings is 1. The van der Waals surface area contributed by atoms with E-state index in [0.29, 0.717) is 29.1 Å². The molecular weight excluding hydrogens is 447 g/mol. The summed E-state index contributed by atoms with van der Waals surface area (Å²) in [5.41, 5.74) is 3.67. The van der Waals surface area contributed by atoms with Gasteiger partial charge in [-0.15, -0.1) is 0 Å². The molecule has 4 nitrogen and oxygen atoms in total. The maximum atomic E-state index is 13.6. The maximum absolute atomic E-state index is 13.6. The third-order valence-electron chi connectivity index (χ3n) is 5.45. The molecule has 30 heavy (non-hydrogen) atoms. The van der Waals surface area contributed by atoms with E-state index >= 15 is 0 Å². The van der Waals surface area contributed by atoms with Crippen molar-refractivity contribution in [2.45, 2.75) is 18.9 Å². The smallest absolute Gasteiger partial charge is 0.254 e. The standard InChI is InChI=1S/C24H18BrFN2O2/c25-18-9-6-15(7-10-18)24(29)28-12-2-5-21(28)23-27-20-14-17(8-11-22(20)30-23)16-3-1-4-19(26)13-16/h1,3-4,6-11,13-14,21H,2,5,12H2. The van der Waals surface area contributed by atoms with Gasteiger partial charge >= 0.3 is 0 Å². The highest BCUT2D eigenvalue weighted by atomic mass is 79.9. The minimum Gasteiger partial charge on any atom is -0.438 e. The topological polar surface area (TPSA) is 46.3 Å². The molecule has 2 heterocycles. The van der Waals surface area contributed by atoms with Crippen LogP contribution in [0.1, 0.15) is 35.1 Å². The van der Waals surface area contributed by atoms with E-state index in [-0.39, 0.29) is 17.8 Å². The van der Waals surface area contributed by atoms with E-state index < -0.39 is 0 Å². The molecule has 3 aromatic carbocycles. The molecule has 1 aliphatic rings. The van der Waals surface area contributed by atoms with Gasteiger partial charge in [0, 0.05) is 16.6 Å². The van der Waals surface area contributed by atoms with Gasteiger partial charge in [0.05, 0.1) is 0 Å². The van der Waals surface area contributed by atoms with E-state index in [4.69, 9.17) is 4.42 Å². The number of halogens is 2. The number of nitrogens with zero attached hydrogens (tertiary/aromatic N) is 2. The number of amides is 1. The highest BCUT2D eigenvalue weighted by molar-refractivity contribution is 9.10. The molecule has 1 aromatic heterocycles. The van der Waals surface area contributed by atoms with Crippen LogP contribution in [0.4, 0.5) is 4.39 Å². The third-order valence-corrected chi connectivity index (χ3v) is 5.98. The Morgan fingerprint density at radius 2 is 1.87 bits per heavy atom. The van der Waals surface area contributed by atoms with E-state index in [9.17, 15) is 9.18 Å². The van der Waals surface area contributed by atoms with Crippen molar-refractivity contribution >= 4 is 32.9 Å². The van der Waals surface area contributed by atoms with Gasteiger partial charge in [0.2, 0.25) is 5.89 Å². The summed E-state index contributed by atoms with van der Waals surface area (Å²) in [4.78, 5) is 19.6. The predicted octanol–water partition coefficient (Wildman–Crippen LogP) is 6.37. The van der Waals surface area contributed by atoms with Crippen molar-refractivity contribution < 1.29 is 13.6 Å². The normalized spacial score (nSPS) is 16.3. The van der Waals surface area contributed by atoms with E-state index in [1.165, 1.54) is 12.1 Å². The molecular formula is C24H18BrFN2O2. The molecule has 4 aromatic rings. The largest absolute Gasteiger partial charge is 0.438 e. The Hall–Kier alpha value is -2.99. The van der Waals surface area contributed by atoms with Crippen molar-refractivity contribution in [3.63, 3.8) is 0 Å². The molecule has 150 valence electrons. The van der Waals surface area contributed by atoms with Gasteiger partial charge in [0.15, 0.2) is 5.58 Å². The zero-order chi connectivity index (χ0) is 20.7. The molecule has 1 fully saturated rings. The Morgan fingerprint density at radius 1 is 1.07 bits per heavy atom. The molecule has 0 radical (unpaired) electrons. The zero-order valence-corrected chi connectivity index (χ0v) is 17.6. The van der Waals surface area contributed by atoms with Crippen molar-refractivity contribution in [2.24, 2.45) is 0 Å². The number of carbonyl (C=O) groups excluding carboxylic acids is 1. The van der Waals surface area contributed by atoms with Gasteiger partial charge in [-0.3, -0.25) is 4.79 Å². The Morgan fingerprint density at radius 3 is 2.67 bits per heavy atom. The summed E-state index contributed by atoms with van der Waals surface area (Å²) in [6.07, 6.45) is 1.71. The van der Waals surface area contributed by atoms with Gasteiger partial charge in [0.25, 0.3) is 5.91 Å². The average molecular weight is 465 g/mol. The summed E-state index contributed by atoms with van der Waals surface area (Å²) in [6.45, 7) is 0.673. The van der Waals surface area contributed by atoms with Gasteiger partial charge in [0.1, 0.15) is 17.4 Å². The molecule has 1 saturated heterocycles. The lowest BCUT2D eigenvalue weighted by Gasteiger charge is -2.22. The van der Waals surface area contributed by atoms with Crippen molar-refractivity contribution in [3.8, 4) is 11.1 Å². The number of hydrogen-bond acceptors (Lipinski definition) is 3. The fraction of sp³-hybridized carbons (Fsp3) is 0.167.